The first kappa shape index (κ1) is 16.1. The van der Waals surface area contributed by atoms with Crippen molar-refractivity contribution in [3.63, 3.8) is 0 Å². The zero-order valence-corrected chi connectivity index (χ0v) is 13.5. The number of rotatable bonds is 5. The lowest BCUT2D eigenvalue weighted by atomic mass is 10.0. The Balaban J connectivity index is 1.78. The molecule has 5 nitrogen and oxygen atoms in total. The molecule has 24 heavy (non-hydrogen) atoms. The van der Waals surface area contributed by atoms with Crippen LogP contribution in [0.25, 0.3) is 0 Å². The summed E-state index contributed by atoms with van der Waals surface area (Å²) < 4.78 is 4.92. The van der Waals surface area contributed by atoms with Gasteiger partial charge in [0.05, 0.1) is 7.11 Å². The van der Waals surface area contributed by atoms with Crippen LogP contribution in [0.3, 0.4) is 0 Å². The third-order valence-electron chi connectivity index (χ3n) is 4.11. The van der Waals surface area contributed by atoms with Gasteiger partial charge in [-0.05, 0) is 29.7 Å². The lowest BCUT2D eigenvalue weighted by Crippen LogP contribution is -2.33. The molecule has 5 heteroatoms. The van der Waals surface area contributed by atoms with E-state index in [-0.39, 0.29) is 11.9 Å². The molecule has 0 radical (unpaired) electrons. The number of fused-ring (bicyclic) bond motifs is 1. The van der Waals surface area contributed by atoms with E-state index in [4.69, 9.17) is 4.74 Å². The van der Waals surface area contributed by atoms with E-state index in [1.807, 2.05) is 48.5 Å². The molecule has 0 aromatic heterocycles. The number of nitrogens with one attached hydrogen (secondary N) is 2. The average molecular weight is 324 g/mol. The van der Waals surface area contributed by atoms with Gasteiger partial charge in [-0.3, -0.25) is 4.79 Å². The fraction of sp³-hybridized carbons (Fsp3) is 0.263. The molecule has 124 valence electrons. The second kappa shape index (κ2) is 7.17. The Morgan fingerprint density at radius 1 is 1.21 bits per heavy atom. The average Bonchev–Trinajstić information content (AvgIpc) is 2.61. The summed E-state index contributed by atoms with van der Waals surface area (Å²) in [6, 6.07) is 15.1. The first-order chi connectivity index (χ1) is 11.7. The third-order valence-corrected chi connectivity index (χ3v) is 4.11. The van der Waals surface area contributed by atoms with E-state index >= 15 is 0 Å². The Hall–Kier alpha value is -2.82. The largest absolute Gasteiger partial charge is 0.467 e. The van der Waals surface area contributed by atoms with E-state index in [0.29, 0.717) is 12.8 Å². The molecule has 2 aromatic rings. The first-order valence-electron chi connectivity index (χ1n) is 7.97. The van der Waals surface area contributed by atoms with Crippen molar-refractivity contribution in [2.24, 2.45) is 0 Å². The maximum absolute atomic E-state index is 12.1. The molecule has 0 fully saturated rings. The molecule has 0 saturated heterocycles. The van der Waals surface area contributed by atoms with Crippen LogP contribution in [0.1, 0.15) is 17.5 Å². The Kier molecular flexibility index (Phi) is 4.79. The minimum Gasteiger partial charge on any atom is -0.467 e. The predicted molar refractivity (Wildman–Crippen MR) is 93.0 cm³/mol. The standard InChI is InChI=1S/C19H20N2O3/c1-24-19(23)17(11-13-5-3-2-4-6-13)20-15-9-7-14-8-10-18(22)21-16(14)12-15/h2-7,9,12,17,20H,8,10-11H2,1H3,(H,21,22). The van der Waals surface area contributed by atoms with Crippen LogP contribution < -0.4 is 10.6 Å². The van der Waals surface area contributed by atoms with Crippen molar-refractivity contribution < 1.29 is 14.3 Å². The highest BCUT2D eigenvalue weighted by atomic mass is 16.5. The van der Waals surface area contributed by atoms with Crippen LogP contribution in [0.15, 0.2) is 48.5 Å². The quantitative estimate of drug-likeness (QED) is 0.830. The molecule has 1 amide bonds. The summed E-state index contributed by atoms with van der Waals surface area (Å²) in [5.74, 6) is -0.297. The summed E-state index contributed by atoms with van der Waals surface area (Å²) in [7, 11) is 1.38. The second-order valence-corrected chi connectivity index (χ2v) is 5.83. The molecule has 1 heterocycles. The number of esters is 1. The van der Waals surface area contributed by atoms with Crippen molar-refractivity contribution in [2.75, 3.05) is 17.7 Å². The molecule has 0 aliphatic carbocycles. The Labute approximate surface area is 141 Å². The maximum Gasteiger partial charge on any atom is 0.328 e. The van der Waals surface area contributed by atoms with Gasteiger partial charge in [-0.15, -0.1) is 0 Å². The smallest absolute Gasteiger partial charge is 0.328 e. The summed E-state index contributed by atoms with van der Waals surface area (Å²) in [4.78, 5) is 23.7. The highest BCUT2D eigenvalue weighted by Crippen LogP contribution is 2.26. The molecular weight excluding hydrogens is 304 g/mol. The number of ether oxygens (including phenoxy) is 1. The van der Waals surface area contributed by atoms with Crippen LogP contribution in [-0.4, -0.2) is 25.0 Å². The summed E-state index contributed by atoms with van der Waals surface area (Å²) in [5, 5.41) is 6.09. The molecule has 2 aromatic carbocycles. The van der Waals surface area contributed by atoms with Gasteiger partial charge in [0, 0.05) is 24.2 Å². The predicted octanol–water partition coefficient (Wildman–Crippen LogP) is 2.77. The van der Waals surface area contributed by atoms with E-state index in [1.165, 1.54) is 7.11 Å². The number of carbonyl (C=O) groups excluding carboxylic acids is 2. The van der Waals surface area contributed by atoms with Gasteiger partial charge in [-0.1, -0.05) is 36.4 Å². The maximum atomic E-state index is 12.1. The van der Waals surface area contributed by atoms with Gasteiger partial charge in [-0.25, -0.2) is 4.79 Å². The molecule has 1 aliphatic heterocycles. The SMILES string of the molecule is COC(=O)C(Cc1ccccc1)Nc1ccc2c(c1)NC(=O)CC2. The van der Waals surface area contributed by atoms with Crippen molar-refractivity contribution in [2.45, 2.75) is 25.3 Å². The Morgan fingerprint density at radius 2 is 2.00 bits per heavy atom. The fourth-order valence-corrected chi connectivity index (χ4v) is 2.85. The summed E-state index contributed by atoms with van der Waals surface area (Å²) >= 11 is 0. The van der Waals surface area contributed by atoms with Crippen molar-refractivity contribution in [1.82, 2.24) is 0 Å². The number of amides is 1. The van der Waals surface area contributed by atoms with Crippen molar-refractivity contribution in [3.8, 4) is 0 Å². The number of benzene rings is 2. The molecule has 0 bridgehead atoms. The lowest BCUT2D eigenvalue weighted by molar-refractivity contribution is -0.141. The molecule has 1 atom stereocenters. The van der Waals surface area contributed by atoms with Crippen LogP contribution >= 0.6 is 0 Å². The summed E-state index contributed by atoms with van der Waals surface area (Å²) in [6.07, 6.45) is 1.78. The minimum atomic E-state index is -0.491. The number of carbonyl (C=O) groups is 2. The number of hydrogen-bond acceptors (Lipinski definition) is 4. The van der Waals surface area contributed by atoms with Crippen LogP contribution in [0.2, 0.25) is 0 Å². The van der Waals surface area contributed by atoms with E-state index in [2.05, 4.69) is 10.6 Å². The van der Waals surface area contributed by atoms with Gasteiger partial charge in [0.25, 0.3) is 0 Å². The van der Waals surface area contributed by atoms with E-state index in [1.54, 1.807) is 0 Å². The number of methoxy groups -OCH3 is 1. The van der Waals surface area contributed by atoms with Gasteiger partial charge in [0.15, 0.2) is 0 Å². The van der Waals surface area contributed by atoms with Crippen molar-refractivity contribution >= 4 is 23.3 Å². The van der Waals surface area contributed by atoms with Crippen molar-refractivity contribution in [1.29, 1.82) is 0 Å². The van der Waals surface area contributed by atoms with E-state index in [0.717, 1.165) is 28.9 Å². The van der Waals surface area contributed by atoms with E-state index in [9.17, 15) is 9.59 Å². The van der Waals surface area contributed by atoms with Crippen molar-refractivity contribution in [3.05, 3.63) is 59.7 Å². The first-order valence-corrected chi connectivity index (χ1v) is 7.97. The molecule has 0 spiro atoms. The zero-order chi connectivity index (χ0) is 16.9. The van der Waals surface area contributed by atoms with Crippen LogP contribution in [-0.2, 0) is 27.2 Å². The van der Waals surface area contributed by atoms with Gasteiger partial charge in [-0.2, -0.15) is 0 Å². The molecule has 3 rings (SSSR count). The van der Waals surface area contributed by atoms with Gasteiger partial charge >= 0.3 is 5.97 Å². The molecule has 1 unspecified atom stereocenters. The second-order valence-electron chi connectivity index (χ2n) is 5.83. The molecule has 2 N–H and O–H groups in total. The lowest BCUT2D eigenvalue weighted by Gasteiger charge is -2.21. The Morgan fingerprint density at radius 3 is 2.75 bits per heavy atom. The monoisotopic (exact) mass is 324 g/mol. The highest BCUT2D eigenvalue weighted by molar-refractivity contribution is 5.94. The normalized spacial score (nSPS) is 14.3. The van der Waals surface area contributed by atoms with Gasteiger partial charge in [0.1, 0.15) is 6.04 Å². The fourth-order valence-electron chi connectivity index (χ4n) is 2.85. The molecule has 0 saturated carbocycles. The zero-order valence-electron chi connectivity index (χ0n) is 13.5. The Bertz CT molecular complexity index is 744. The van der Waals surface area contributed by atoms with Crippen LogP contribution in [0, 0.1) is 0 Å². The number of anilines is 2. The molecular formula is C19H20N2O3. The minimum absolute atomic E-state index is 0.0217. The number of hydrogen-bond donors (Lipinski definition) is 2. The van der Waals surface area contributed by atoms with E-state index < -0.39 is 6.04 Å². The van der Waals surface area contributed by atoms with Gasteiger partial charge < -0.3 is 15.4 Å². The topological polar surface area (TPSA) is 67.4 Å². The third kappa shape index (κ3) is 3.74. The highest BCUT2D eigenvalue weighted by Gasteiger charge is 2.21. The van der Waals surface area contributed by atoms with Crippen LogP contribution in [0.5, 0.6) is 0 Å². The van der Waals surface area contributed by atoms with Crippen LogP contribution in [0.4, 0.5) is 11.4 Å². The number of aryl methyl sites for hydroxylation is 1. The van der Waals surface area contributed by atoms with Gasteiger partial charge in [0.2, 0.25) is 5.91 Å². The summed E-state index contributed by atoms with van der Waals surface area (Å²) in [6.45, 7) is 0. The summed E-state index contributed by atoms with van der Waals surface area (Å²) in [5.41, 5.74) is 3.74. The molecule has 1 aliphatic rings.